The van der Waals surface area contributed by atoms with Crippen LogP contribution in [0.5, 0.6) is 0 Å². The Bertz CT molecular complexity index is 901. The van der Waals surface area contributed by atoms with Gasteiger partial charge in [-0.1, -0.05) is 44.5 Å². The third-order valence-corrected chi connectivity index (χ3v) is 11.4. The summed E-state index contributed by atoms with van der Waals surface area (Å²) in [6, 6.07) is 8.12. The van der Waals surface area contributed by atoms with Crippen molar-refractivity contribution in [3.63, 3.8) is 0 Å². The largest absolute Gasteiger partial charge is 0.466 e. The first kappa shape index (κ1) is 27.8. The van der Waals surface area contributed by atoms with Gasteiger partial charge in [-0.15, -0.1) is 11.3 Å². The van der Waals surface area contributed by atoms with Crippen LogP contribution in [0.15, 0.2) is 29.6 Å². The Hall–Kier alpha value is -1.45. The summed E-state index contributed by atoms with van der Waals surface area (Å²) >= 11 is 7.77. The Morgan fingerprint density at radius 2 is 2.00 bits per heavy atom. The van der Waals surface area contributed by atoms with E-state index in [1.807, 2.05) is 23.6 Å². The van der Waals surface area contributed by atoms with Crippen LogP contribution >= 0.6 is 22.9 Å². The molecule has 1 aromatic carbocycles. The molecule has 0 amide bonds. The van der Waals surface area contributed by atoms with E-state index in [0.29, 0.717) is 24.7 Å². The molecule has 2 aromatic rings. The number of aromatic nitrogens is 1. The van der Waals surface area contributed by atoms with Crippen molar-refractivity contribution in [1.82, 2.24) is 10.3 Å². The van der Waals surface area contributed by atoms with Crippen molar-refractivity contribution in [2.75, 3.05) is 25.0 Å². The van der Waals surface area contributed by atoms with E-state index in [4.69, 9.17) is 20.8 Å². The molecule has 0 aliphatic rings. The van der Waals surface area contributed by atoms with E-state index in [-0.39, 0.29) is 29.6 Å². The summed E-state index contributed by atoms with van der Waals surface area (Å²) in [4.78, 5) is 16.1. The van der Waals surface area contributed by atoms with E-state index in [2.05, 4.69) is 62.5 Å². The highest BCUT2D eigenvalue weighted by molar-refractivity contribution is 7.13. The van der Waals surface area contributed by atoms with Crippen molar-refractivity contribution < 1.29 is 14.0 Å². The lowest BCUT2D eigenvalue weighted by Gasteiger charge is -2.39. The van der Waals surface area contributed by atoms with E-state index in [9.17, 15) is 4.79 Å². The predicted octanol–water partition coefficient (Wildman–Crippen LogP) is 6.06. The summed E-state index contributed by atoms with van der Waals surface area (Å²) < 4.78 is 11.7. The first-order chi connectivity index (χ1) is 15.4. The molecule has 184 valence electrons. The van der Waals surface area contributed by atoms with Crippen LogP contribution in [0.2, 0.25) is 23.2 Å². The summed E-state index contributed by atoms with van der Waals surface area (Å²) in [6.07, 6.45) is 0.120. The van der Waals surface area contributed by atoms with Crippen LogP contribution in [0.25, 0.3) is 0 Å². The Labute approximate surface area is 208 Å². The monoisotopic (exact) mass is 511 g/mol. The smallest absolute Gasteiger partial charge is 0.311 e. The Balaban J connectivity index is 1.95. The first-order valence-electron chi connectivity index (χ1n) is 11.4. The van der Waals surface area contributed by atoms with E-state index >= 15 is 0 Å². The number of benzene rings is 1. The highest BCUT2D eigenvalue weighted by Crippen LogP contribution is 2.39. The van der Waals surface area contributed by atoms with Crippen LogP contribution in [0.3, 0.4) is 0 Å². The van der Waals surface area contributed by atoms with E-state index < -0.39 is 8.32 Å². The average molecular weight is 512 g/mol. The molecule has 33 heavy (non-hydrogen) atoms. The van der Waals surface area contributed by atoms with Crippen molar-refractivity contribution in [2.24, 2.45) is 0 Å². The fourth-order valence-corrected chi connectivity index (χ4v) is 5.12. The molecule has 1 aromatic heterocycles. The molecule has 0 aliphatic carbocycles. The maximum absolute atomic E-state index is 11.6. The highest BCUT2D eigenvalue weighted by atomic mass is 35.5. The highest BCUT2D eigenvalue weighted by Gasteiger charge is 2.39. The number of thiazole rings is 1. The molecule has 0 aliphatic heterocycles. The predicted molar refractivity (Wildman–Crippen MR) is 141 cm³/mol. The number of carbonyl (C=O) groups excluding carboxylic acids is 1. The molecule has 1 heterocycles. The maximum Gasteiger partial charge on any atom is 0.311 e. The number of esters is 1. The Morgan fingerprint density at radius 3 is 2.64 bits per heavy atom. The van der Waals surface area contributed by atoms with Crippen LogP contribution in [-0.4, -0.2) is 45.0 Å². The maximum atomic E-state index is 11.6. The topological polar surface area (TPSA) is 72.5 Å². The summed E-state index contributed by atoms with van der Waals surface area (Å²) in [5.41, 5.74) is 1.81. The van der Waals surface area contributed by atoms with Gasteiger partial charge in [-0.2, -0.15) is 0 Å². The van der Waals surface area contributed by atoms with Gasteiger partial charge >= 0.3 is 5.97 Å². The molecule has 0 bridgehead atoms. The van der Waals surface area contributed by atoms with Crippen molar-refractivity contribution in [2.45, 2.75) is 71.3 Å². The normalized spacial score (nSPS) is 14.1. The number of anilines is 1. The van der Waals surface area contributed by atoms with Crippen molar-refractivity contribution in [3.05, 3.63) is 45.9 Å². The van der Waals surface area contributed by atoms with Crippen LogP contribution in [0.1, 0.15) is 52.0 Å². The van der Waals surface area contributed by atoms with Crippen molar-refractivity contribution in [1.29, 1.82) is 0 Å². The van der Waals surface area contributed by atoms with Gasteiger partial charge in [-0.25, -0.2) is 4.98 Å². The number of rotatable bonds is 12. The molecule has 6 nitrogen and oxygen atoms in total. The van der Waals surface area contributed by atoms with Crippen LogP contribution in [0, 0.1) is 0 Å². The molecule has 0 radical (unpaired) electrons. The second-order valence-electron chi connectivity index (χ2n) is 9.74. The molecule has 0 spiro atoms. The zero-order valence-electron chi connectivity index (χ0n) is 20.8. The number of nitrogens with zero attached hydrogens (tertiary/aromatic N) is 1. The van der Waals surface area contributed by atoms with Crippen molar-refractivity contribution >= 4 is 42.4 Å². The summed E-state index contributed by atoms with van der Waals surface area (Å²) in [5, 5.41) is 10.5. The number of nitrogens with one attached hydrogen (secondary N) is 2. The second-order valence-corrected chi connectivity index (χ2v) is 15.8. The van der Waals surface area contributed by atoms with E-state index in [1.54, 1.807) is 6.92 Å². The Kier molecular flexibility index (Phi) is 10.4. The molecular formula is C24H38ClN3O3SSi. The van der Waals surface area contributed by atoms with Crippen molar-refractivity contribution in [3.8, 4) is 0 Å². The lowest BCUT2D eigenvalue weighted by atomic mass is 10.1. The van der Waals surface area contributed by atoms with E-state index in [0.717, 1.165) is 16.4 Å². The molecule has 2 N–H and O–H groups in total. The van der Waals surface area contributed by atoms with Gasteiger partial charge in [0.25, 0.3) is 0 Å². The van der Waals surface area contributed by atoms with Gasteiger partial charge in [-0.05, 0) is 49.7 Å². The zero-order valence-corrected chi connectivity index (χ0v) is 23.4. The molecule has 0 saturated heterocycles. The number of hydrogen-bond donors (Lipinski definition) is 2. The SMILES string of the molecule is CCOC(=O)Cc1csc(NCC(C)NCC(O[Si](C)(C)C(C)(C)C)c2cccc(Cl)c2)n1. The van der Waals surface area contributed by atoms with E-state index in [1.165, 1.54) is 11.3 Å². The summed E-state index contributed by atoms with van der Waals surface area (Å²) in [5.74, 6) is -0.252. The van der Waals surface area contributed by atoms with Crippen LogP contribution < -0.4 is 10.6 Å². The fraction of sp³-hybridized carbons (Fsp3) is 0.583. The molecular weight excluding hydrogens is 474 g/mol. The quantitative estimate of drug-likeness (QED) is 0.267. The zero-order chi connectivity index (χ0) is 24.6. The molecule has 0 fully saturated rings. The average Bonchev–Trinajstić information content (AvgIpc) is 3.16. The first-order valence-corrected chi connectivity index (χ1v) is 15.6. The van der Waals surface area contributed by atoms with Gasteiger partial charge < -0.3 is 19.8 Å². The molecule has 0 saturated carbocycles. The minimum absolute atomic E-state index is 0.0805. The third-order valence-electron chi connectivity index (χ3n) is 5.86. The number of hydrogen-bond acceptors (Lipinski definition) is 7. The summed E-state index contributed by atoms with van der Waals surface area (Å²) in [6.45, 7) is 17.0. The third kappa shape index (κ3) is 9.02. The molecule has 9 heteroatoms. The molecule has 2 unspecified atom stereocenters. The van der Waals surface area contributed by atoms with Gasteiger partial charge in [0.1, 0.15) is 0 Å². The van der Waals surface area contributed by atoms with Crippen LogP contribution in [0.4, 0.5) is 5.13 Å². The van der Waals surface area contributed by atoms with Gasteiger partial charge in [0.05, 0.1) is 24.8 Å². The lowest BCUT2D eigenvalue weighted by Crippen LogP contribution is -2.44. The van der Waals surface area contributed by atoms with Gasteiger partial charge in [0.15, 0.2) is 13.4 Å². The van der Waals surface area contributed by atoms with Gasteiger partial charge in [0, 0.05) is 29.5 Å². The fourth-order valence-electron chi connectivity index (χ4n) is 2.92. The number of halogens is 1. The number of ether oxygens (including phenoxy) is 1. The molecule has 2 atom stereocenters. The minimum Gasteiger partial charge on any atom is -0.466 e. The van der Waals surface area contributed by atoms with Gasteiger partial charge in [0.2, 0.25) is 0 Å². The number of carbonyl (C=O) groups is 1. The summed E-state index contributed by atoms with van der Waals surface area (Å²) in [7, 11) is -1.97. The van der Waals surface area contributed by atoms with Gasteiger partial charge in [-0.3, -0.25) is 4.79 Å². The molecule has 2 rings (SSSR count). The van der Waals surface area contributed by atoms with Crippen LogP contribution in [-0.2, 0) is 20.4 Å². The second kappa shape index (κ2) is 12.3. The standard InChI is InChI=1S/C24H38ClN3O3SSi/c1-8-30-22(29)13-20-16-32-23(28-20)27-14-17(2)26-15-21(18-10-9-11-19(25)12-18)31-33(6,7)24(3,4)5/h9-12,16-17,21,26H,8,13-15H2,1-7H3,(H,27,28). The Morgan fingerprint density at radius 1 is 1.27 bits per heavy atom. The lowest BCUT2D eigenvalue weighted by molar-refractivity contribution is -0.142. The minimum atomic E-state index is -1.97.